The molecule has 0 saturated carbocycles. The fourth-order valence-electron chi connectivity index (χ4n) is 3.40. The Morgan fingerprint density at radius 3 is 2.31 bits per heavy atom. The molecule has 3 rings (SSSR count). The van der Waals surface area contributed by atoms with Crippen molar-refractivity contribution in [3.8, 4) is 0 Å². The van der Waals surface area contributed by atoms with Gasteiger partial charge in [-0.2, -0.15) is 0 Å². The van der Waals surface area contributed by atoms with Crippen LogP contribution in [0.25, 0.3) is 10.8 Å². The van der Waals surface area contributed by atoms with E-state index in [2.05, 4.69) is 29.0 Å². The molecule has 2 aromatic rings. The Hall–Kier alpha value is -1.02. The number of fused-ring (bicyclic) bond motifs is 1. The summed E-state index contributed by atoms with van der Waals surface area (Å²) in [6.45, 7) is 9.93. The van der Waals surface area contributed by atoms with Crippen LogP contribution in [0.4, 0.5) is 0 Å². The molecular weight excluding hydrogens is 422 g/mol. The number of hydrogen-bond donors (Lipinski definition) is 1. The average molecular weight is 452 g/mol. The van der Waals surface area contributed by atoms with E-state index in [1.54, 1.807) is 23.5 Å². The SMILES string of the molecule is CCOC(=O)C1([C@@](C)(NS(=O)C(C)(C)C)c2ccc3ccccc3c2)SCCS1. The number of ether oxygens (including phenoxy) is 1. The van der Waals surface area contributed by atoms with E-state index in [9.17, 15) is 9.00 Å². The number of esters is 1. The van der Waals surface area contributed by atoms with Crippen LogP contribution < -0.4 is 4.72 Å². The Kier molecular flexibility index (Phi) is 6.73. The van der Waals surface area contributed by atoms with Gasteiger partial charge in [-0.15, -0.1) is 23.5 Å². The highest BCUT2D eigenvalue weighted by Gasteiger charge is 2.60. The van der Waals surface area contributed by atoms with Gasteiger partial charge in [0.2, 0.25) is 0 Å². The van der Waals surface area contributed by atoms with Crippen molar-refractivity contribution in [3.05, 3.63) is 48.0 Å². The van der Waals surface area contributed by atoms with Gasteiger partial charge in [0.1, 0.15) is 0 Å². The fourth-order valence-corrected chi connectivity index (χ4v) is 7.82. The maximum Gasteiger partial charge on any atom is 0.334 e. The van der Waals surface area contributed by atoms with Crippen molar-refractivity contribution in [2.75, 3.05) is 18.1 Å². The third-order valence-electron chi connectivity index (χ3n) is 5.08. The lowest BCUT2D eigenvalue weighted by Crippen LogP contribution is -2.60. The molecule has 29 heavy (non-hydrogen) atoms. The lowest BCUT2D eigenvalue weighted by Gasteiger charge is -2.44. The lowest BCUT2D eigenvalue weighted by molar-refractivity contribution is -0.145. The summed E-state index contributed by atoms with van der Waals surface area (Å²) in [4.78, 5) is 13.3. The fraction of sp³-hybridized carbons (Fsp3) is 0.500. The Morgan fingerprint density at radius 2 is 1.72 bits per heavy atom. The number of rotatable bonds is 6. The second kappa shape index (κ2) is 8.61. The Labute approximate surface area is 184 Å². The zero-order valence-electron chi connectivity index (χ0n) is 17.6. The van der Waals surface area contributed by atoms with Gasteiger partial charge in [-0.3, -0.25) is 0 Å². The molecule has 1 unspecified atom stereocenters. The largest absolute Gasteiger partial charge is 0.464 e. The molecule has 1 N–H and O–H groups in total. The zero-order chi connectivity index (χ0) is 21.3. The summed E-state index contributed by atoms with van der Waals surface area (Å²) in [5, 5.41) is 2.22. The highest BCUT2D eigenvalue weighted by atomic mass is 32.2. The van der Waals surface area contributed by atoms with Crippen molar-refractivity contribution in [2.45, 2.75) is 49.0 Å². The summed E-state index contributed by atoms with van der Waals surface area (Å²) < 4.78 is 20.7. The minimum absolute atomic E-state index is 0.262. The number of thioether (sulfide) groups is 2. The highest BCUT2D eigenvalue weighted by Crippen LogP contribution is 2.56. The summed E-state index contributed by atoms with van der Waals surface area (Å²) in [5.41, 5.74) is 0.0523. The van der Waals surface area contributed by atoms with Crippen LogP contribution in [-0.4, -0.2) is 37.1 Å². The molecule has 4 nitrogen and oxygen atoms in total. The van der Waals surface area contributed by atoms with Crippen LogP contribution >= 0.6 is 23.5 Å². The number of nitrogens with one attached hydrogen (secondary N) is 1. The van der Waals surface area contributed by atoms with Crippen LogP contribution in [0.15, 0.2) is 42.5 Å². The van der Waals surface area contributed by atoms with Crippen LogP contribution in [0.2, 0.25) is 0 Å². The minimum atomic E-state index is -1.37. The van der Waals surface area contributed by atoms with E-state index in [1.807, 2.05) is 52.8 Å². The van der Waals surface area contributed by atoms with Crippen molar-refractivity contribution in [1.29, 1.82) is 0 Å². The molecular formula is C22H29NO3S3. The molecule has 1 aliphatic heterocycles. The van der Waals surface area contributed by atoms with Gasteiger partial charge in [0.25, 0.3) is 0 Å². The molecule has 0 aliphatic carbocycles. The van der Waals surface area contributed by atoms with E-state index >= 15 is 0 Å². The normalized spacial score (nSPS) is 19.6. The minimum Gasteiger partial charge on any atom is -0.464 e. The predicted molar refractivity (Wildman–Crippen MR) is 127 cm³/mol. The molecule has 0 radical (unpaired) electrons. The summed E-state index contributed by atoms with van der Waals surface area (Å²) in [6.07, 6.45) is 0. The van der Waals surface area contributed by atoms with E-state index in [-0.39, 0.29) is 5.97 Å². The lowest BCUT2D eigenvalue weighted by atomic mass is 9.87. The van der Waals surface area contributed by atoms with Crippen LogP contribution in [0.3, 0.4) is 0 Å². The summed E-state index contributed by atoms with van der Waals surface area (Å²) in [7, 11) is -1.37. The van der Waals surface area contributed by atoms with Gasteiger partial charge >= 0.3 is 5.97 Å². The average Bonchev–Trinajstić information content (AvgIpc) is 3.18. The van der Waals surface area contributed by atoms with Crippen LogP contribution in [0.5, 0.6) is 0 Å². The van der Waals surface area contributed by atoms with E-state index in [0.29, 0.717) is 6.61 Å². The number of hydrogen-bond acceptors (Lipinski definition) is 5. The Bertz CT molecular complexity index is 919. The molecule has 0 aromatic heterocycles. The van der Waals surface area contributed by atoms with Gasteiger partial charge in [-0.05, 0) is 57.0 Å². The monoisotopic (exact) mass is 451 g/mol. The quantitative estimate of drug-likeness (QED) is 0.637. The molecule has 2 atom stereocenters. The van der Waals surface area contributed by atoms with E-state index in [0.717, 1.165) is 27.8 Å². The molecule has 0 bridgehead atoms. The van der Waals surface area contributed by atoms with Crippen molar-refractivity contribution < 1.29 is 13.7 Å². The molecule has 7 heteroatoms. The van der Waals surface area contributed by atoms with Crippen LogP contribution in [0, 0.1) is 0 Å². The summed E-state index contributed by atoms with van der Waals surface area (Å²) in [6, 6.07) is 14.3. The van der Waals surface area contributed by atoms with Crippen LogP contribution in [0.1, 0.15) is 40.2 Å². The first-order chi connectivity index (χ1) is 13.6. The summed E-state index contributed by atoms with van der Waals surface area (Å²) >= 11 is 3.18. The zero-order valence-corrected chi connectivity index (χ0v) is 20.1. The molecule has 158 valence electrons. The standard InChI is InChI=1S/C22H29NO3S3/c1-6-26-19(24)22(27-13-14-28-22)21(5,23-29(25)20(2,3)4)18-12-11-16-9-7-8-10-17(16)15-18/h7-12,15,23H,6,13-14H2,1-5H3/t21-,29?/m0/s1. The second-order valence-corrected chi connectivity index (χ2v) is 13.0. The highest BCUT2D eigenvalue weighted by molar-refractivity contribution is 8.22. The molecule has 1 heterocycles. The van der Waals surface area contributed by atoms with E-state index < -0.39 is 25.4 Å². The molecule has 1 fully saturated rings. The first kappa shape index (κ1) is 22.7. The first-order valence-electron chi connectivity index (χ1n) is 9.78. The molecule has 0 amide bonds. The molecule has 2 aromatic carbocycles. The van der Waals surface area contributed by atoms with Gasteiger partial charge in [-0.25, -0.2) is 13.7 Å². The third kappa shape index (κ3) is 4.24. The predicted octanol–water partition coefficient (Wildman–Crippen LogP) is 4.85. The Balaban J connectivity index is 2.19. The van der Waals surface area contributed by atoms with Crippen LogP contribution in [-0.2, 0) is 26.1 Å². The number of carbonyl (C=O) groups excluding carboxylic acids is 1. The van der Waals surface area contributed by atoms with Crippen molar-refractivity contribution in [1.82, 2.24) is 4.72 Å². The van der Waals surface area contributed by atoms with Crippen molar-refractivity contribution >= 4 is 51.3 Å². The topological polar surface area (TPSA) is 55.4 Å². The van der Waals surface area contributed by atoms with Gasteiger partial charge in [0.05, 0.1) is 27.9 Å². The molecule has 1 aliphatic rings. The smallest absolute Gasteiger partial charge is 0.334 e. The van der Waals surface area contributed by atoms with Gasteiger partial charge < -0.3 is 4.74 Å². The molecule has 0 spiro atoms. The van der Waals surface area contributed by atoms with E-state index in [1.165, 1.54) is 0 Å². The number of benzene rings is 2. The van der Waals surface area contributed by atoms with Crippen molar-refractivity contribution in [2.24, 2.45) is 0 Å². The first-order valence-corrected chi connectivity index (χ1v) is 12.9. The van der Waals surface area contributed by atoms with Gasteiger partial charge in [0, 0.05) is 11.5 Å². The third-order valence-corrected chi connectivity index (χ3v) is 10.5. The van der Waals surface area contributed by atoms with Crippen molar-refractivity contribution in [3.63, 3.8) is 0 Å². The molecule has 1 saturated heterocycles. The maximum absolute atomic E-state index is 13.3. The van der Waals surface area contributed by atoms with Gasteiger partial charge in [-0.1, -0.05) is 36.4 Å². The number of carbonyl (C=O) groups is 1. The summed E-state index contributed by atoms with van der Waals surface area (Å²) in [5.74, 6) is 1.43. The van der Waals surface area contributed by atoms with Gasteiger partial charge in [0.15, 0.2) is 4.08 Å². The Morgan fingerprint density at radius 1 is 1.10 bits per heavy atom. The second-order valence-electron chi connectivity index (χ2n) is 8.20. The maximum atomic E-state index is 13.3. The van der Waals surface area contributed by atoms with E-state index in [4.69, 9.17) is 4.74 Å².